The first-order chi connectivity index (χ1) is 11.5. The van der Waals surface area contributed by atoms with E-state index in [9.17, 15) is 9.90 Å². The van der Waals surface area contributed by atoms with E-state index in [-0.39, 0.29) is 17.0 Å². The van der Waals surface area contributed by atoms with Crippen LogP contribution in [0.25, 0.3) is 0 Å². The van der Waals surface area contributed by atoms with Crippen LogP contribution in [0.5, 0.6) is 5.88 Å². The molecule has 0 spiro atoms. The molecule has 1 N–H and O–H groups in total. The zero-order chi connectivity index (χ0) is 17.0. The number of carbonyl (C=O) groups is 1. The first-order valence-corrected chi connectivity index (χ1v) is 8.96. The summed E-state index contributed by atoms with van der Waals surface area (Å²) >= 11 is 6.49. The number of hydrogen-bond donors (Lipinski definition) is 1. The minimum absolute atomic E-state index is 0.0293. The molecule has 0 saturated heterocycles. The number of rotatable bonds is 5. The van der Waals surface area contributed by atoms with E-state index in [2.05, 4.69) is 5.10 Å². The van der Waals surface area contributed by atoms with Crippen molar-refractivity contribution < 1.29 is 9.90 Å². The van der Waals surface area contributed by atoms with Crippen molar-refractivity contribution in [2.45, 2.75) is 43.9 Å². The first kappa shape index (κ1) is 15.7. The lowest BCUT2D eigenvalue weighted by Gasteiger charge is -2.12. The van der Waals surface area contributed by atoms with E-state index < -0.39 is 0 Å². The van der Waals surface area contributed by atoms with E-state index in [0.717, 1.165) is 29.7 Å². The van der Waals surface area contributed by atoms with Gasteiger partial charge in [0.15, 0.2) is 0 Å². The second-order valence-electron chi connectivity index (χ2n) is 7.12. The fraction of sp³-hybridized carbons (Fsp3) is 0.474. The predicted octanol–water partition coefficient (Wildman–Crippen LogP) is 4.23. The Morgan fingerprint density at radius 2 is 2.04 bits per heavy atom. The van der Waals surface area contributed by atoms with Crippen LogP contribution in [0.1, 0.15) is 69.7 Å². The van der Waals surface area contributed by atoms with Crippen molar-refractivity contribution in [1.29, 1.82) is 0 Å². The largest absolute Gasteiger partial charge is 0.493 e. The Morgan fingerprint density at radius 1 is 1.33 bits per heavy atom. The van der Waals surface area contributed by atoms with Gasteiger partial charge in [-0.2, -0.15) is 5.10 Å². The van der Waals surface area contributed by atoms with E-state index in [4.69, 9.17) is 11.6 Å². The molecule has 2 aromatic rings. The monoisotopic (exact) mass is 344 g/mol. The summed E-state index contributed by atoms with van der Waals surface area (Å²) in [6.07, 6.45) is 4.43. The van der Waals surface area contributed by atoms with Gasteiger partial charge in [0.1, 0.15) is 5.56 Å². The van der Waals surface area contributed by atoms with Gasteiger partial charge in [0.2, 0.25) is 11.7 Å². The van der Waals surface area contributed by atoms with Crippen molar-refractivity contribution in [1.82, 2.24) is 9.78 Å². The topological polar surface area (TPSA) is 55.1 Å². The van der Waals surface area contributed by atoms with Gasteiger partial charge in [-0.1, -0.05) is 18.2 Å². The van der Waals surface area contributed by atoms with Gasteiger partial charge in [0, 0.05) is 18.5 Å². The van der Waals surface area contributed by atoms with Crippen LogP contribution in [0.2, 0.25) is 0 Å². The zero-order valence-corrected chi connectivity index (χ0v) is 14.7. The number of halogens is 1. The fourth-order valence-corrected chi connectivity index (χ4v) is 3.69. The third-order valence-electron chi connectivity index (χ3n) is 5.08. The number of aromatic hydroxyl groups is 1. The van der Waals surface area contributed by atoms with Crippen molar-refractivity contribution >= 4 is 17.4 Å². The molecule has 2 fully saturated rings. The third-order valence-corrected chi connectivity index (χ3v) is 5.69. The molecule has 1 heterocycles. The fourth-order valence-electron chi connectivity index (χ4n) is 3.30. The predicted molar refractivity (Wildman–Crippen MR) is 92.8 cm³/mol. The number of ketones is 1. The lowest BCUT2D eigenvalue weighted by atomic mass is 9.95. The van der Waals surface area contributed by atoms with Crippen LogP contribution in [0.3, 0.4) is 0 Å². The highest BCUT2D eigenvalue weighted by atomic mass is 35.5. The summed E-state index contributed by atoms with van der Waals surface area (Å²) in [5.74, 6) is 0.678. The summed E-state index contributed by atoms with van der Waals surface area (Å²) < 4.78 is 1.40. The number of carbonyl (C=O) groups excluding carboxylic acids is 1. The highest BCUT2D eigenvalue weighted by molar-refractivity contribution is 6.21. The molecule has 4 rings (SSSR count). The van der Waals surface area contributed by atoms with Crippen LogP contribution >= 0.6 is 11.6 Å². The molecule has 0 bridgehead atoms. The normalized spacial score (nSPS) is 18.6. The van der Waals surface area contributed by atoms with Gasteiger partial charge >= 0.3 is 0 Å². The minimum atomic E-state index is -0.149. The van der Waals surface area contributed by atoms with Crippen LogP contribution in [-0.2, 0) is 7.05 Å². The van der Waals surface area contributed by atoms with Gasteiger partial charge < -0.3 is 5.11 Å². The molecular weight excluding hydrogens is 324 g/mol. The summed E-state index contributed by atoms with van der Waals surface area (Å²) in [5.41, 5.74) is 3.68. The lowest BCUT2D eigenvalue weighted by molar-refractivity contribution is 0.103. The van der Waals surface area contributed by atoms with Crippen molar-refractivity contribution in [3.8, 4) is 5.88 Å². The minimum Gasteiger partial charge on any atom is -0.493 e. The third kappa shape index (κ3) is 2.63. The second kappa shape index (κ2) is 5.62. The van der Waals surface area contributed by atoms with Crippen LogP contribution in [0.4, 0.5) is 0 Å². The number of alkyl halides is 1. The highest BCUT2D eigenvalue weighted by Crippen LogP contribution is 2.46. The Labute approximate surface area is 146 Å². The Balaban J connectivity index is 1.70. The quantitative estimate of drug-likeness (QED) is 0.652. The molecule has 1 atom stereocenters. The zero-order valence-electron chi connectivity index (χ0n) is 13.9. The second-order valence-corrected chi connectivity index (χ2v) is 7.59. The standard InChI is InChI=1S/C19H21ClN2O2/c1-10-9-13(16(20)11-3-4-11)7-8-14(10)18(23)15-17(12-5-6-12)21-22(2)19(15)24/h7-9,11-12,16,24H,3-6H2,1-2H3. The number of nitrogens with zero attached hydrogens (tertiary/aromatic N) is 2. The number of aryl methyl sites for hydroxylation is 2. The molecule has 1 unspecified atom stereocenters. The molecule has 2 aliphatic rings. The molecular formula is C19H21ClN2O2. The van der Waals surface area contributed by atoms with Crippen molar-refractivity contribution in [3.05, 3.63) is 46.1 Å². The summed E-state index contributed by atoms with van der Waals surface area (Å²) in [4.78, 5) is 13.0. The van der Waals surface area contributed by atoms with Crippen LogP contribution in [0.15, 0.2) is 18.2 Å². The molecule has 1 aromatic carbocycles. The van der Waals surface area contributed by atoms with Crippen LogP contribution in [-0.4, -0.2) is 20.7 Å². The molecule has 2 aliphatic carbocycles. The number of hydrogen-bond acceptors (Lipinski definition) is 3. The number of benzene rings is 1. The summed E-state index contributed by atoms with van der Waals surface area (Å²) in [7, 11) is 1.67. The molecule has 0 amide bonds. The Bertz CT molecular complexity index is 819. The number of aromatic nitrogens is 2. The Hall–Kier alpha value is -1.81. The summed E-state index contributed by atoms with van der Waals surface area (Å²) in [5, 5.41) is 14.7. The van der Waals surface area contributed by atoms with Gasteiger partial charge in [0.05, 0.1) is 11.1 Å². The molecule has 126 valence electrons. The maximum Gasteiger partial charge on any atom is 0.220 e. The van der Waals surface area contributed by atoms with Gasteiger partial charge in [0.25, 0.3) is 0 Å². The lowest BCUT2D eigenvalue weighted by Crippen LogP contribution is -2.07. The molecule has 0 aliphatic heterocycles. The smallest absolute Gasteiger partial charge is 0.220 e. The summed E-state index contributed by atoms with van der Waals surface area (Å²) in [6.45, 7) is 1.93. The van der Waals surface area contributed by atoms with Gasteiger partial charge in [-0.15, -0.1) is 11.6 Å². The van der Waals surface area contributed by atoms with Crippen molar-refractivity contribution in [3.63, 3.8) is 0 Å². The average molecular weight is 345 g/mol. The van der Waals surface area contributed by atoms with E-state index in [1.807, 2.05) is 25.1 Å². The molecule has 2 saturated carbocycles. The molecule has 5 heteroatoms. The molecule has 0 radical (unpaired) electrons. The molecule has 24 heavy (non-hydrogen) atoms. The molecule has 4 nitrogen and oxygen atoms in total. The Morgan fingerprint density at radius 3 is 2.62 bits per heavy atom. The highest BCUT2D eigenvalue weighted by Gasteiger charge is 2.35. The van der Waals surface area contributed by atoms with Crippen molar-refractivity contribution in [2.75, 3.05) is 0 Å². The van der Waals surface area contributed by atoms with Crippen molar-refractivity contribution in [2.24, 2.45) is 13.0 Å². The van der Waals surface area contributed by atoms with Gasteiger partial charge in [-0.05, 0) is 49.7 Å². The van der Waals surface area contributed by atoms with E-state index >= 15 is 0 Å². The summed E-state index contributed by atoms with van der Waals surface area (Å²) in [6, 6.07) is 5.79. The maximum atomic E-state index is 13.0. The first-order valence-electron chi connectivity index (χ1n) is 8.52. The SMILES string of the molecule is Cc1cc(C(Cl)C2CC2)ccc1C(=O)c1c(C2CC2)nn(C)c1O. The van der Waals surface area contributed by atoms with Crippen LogP contribution < -0.4 is 0 Å². The van der Waals surface area contributed by atoms with Gasteiger partial charge in [-0.25, -0.2) is 4.68 Å². The molecule has 1 aromatic heterocycles. The van der Waals surface area contributed by atoms with Crippen LogP contribution in [0, 0.1) is 12.8 Å². The maximum absolute atomic E-state index is 13.0. The van der Waals surface area contributed by atoms with E-state index in [0.29, 0.717) is 23.0 Å². The van der Waals surface area contributed by atoms with E-state index in [1.54, 1.807) is 7.05 Å². The average Bonchev–Trinajstić information content (AvgIpc) is 3.46. The van der Waals surface area contributed by atoms with Gasteiger partial charge in [-0.3, -0.25) is 4.79 Å². The Kier molecular flexibility index (Phi) is 3.68. The van der Waals surface area contributed by atoms with E-state index in [1.165, 1.54) is 17.5 Å².